The molecule has 2 aliphatic heterocycles. The Balaban J connectivity index is 1.40. The first-order valence-electron chi connectivity index (χ1n) is 9.34. The number of hydrogen-bond donors (Lipinski definition) is 0. The minimum absolute atomic E-state index is 0.363. The van der Waals surface area contributed by atoms with Crippen molar-refractivity contribution in [2.24, 2.45) is 13.0 Å². The van der Waals surface area contributed by atoms with Crippen LogP contribution in [0.25, 0.3) is 0 Å². The monoisotopic (exact) mass is 333 g/mol. The average molecular weight is 333 g/mol. The molecule has 1 aromatic rings. The number of nitrogens with zero attached hydrogens (tertiary/aromatic N) is 5. The fraction of sp³-hybridized carbons (Fsp3) is 0.778. The Labute approximate surface area is 145 Å². The van der Waals surface area contributed by atoms with Gasteiger partial charge in [-0.3, -0.25) is 9.69 Å². The standard InChI is InChI=1S/C18H31N5O/c1-3-21-7-4-16(5-8-21)14-18(24)23-12-10-22(11-13-23)15-17-19-6-9-20(17)2/h6,9,16H,3-5,7-8,10-15H2,1-2H3. The first kappa shape index (κ1) is 17.4. The highest BCUT2D eigenvalue weighted by atomic mass is 16.2. The average Bonchev–Trinajstić information content (AvgIpc) is 3.01. The third-order valence-electron chi connectivity index (χ3n) is 5.63. The van der Waals surface area contributed by atoms with E-state index < -0.39 is 0 Å². The van der Waals surface area contributed by atoms with Gasteiger partial charge >= 0.3 is 0 Å². The van der Waals surface area contributed by atoms with Crippen molar-refractivity contribution in [1.82, 2.24) is 24.3 Å². The molecule has 0 spiro atoms. The number of aryl methyl sites for hydroxylation is 1. The van der Waals surface area contributed by atoms with Gasteiger partial charge in [0, 0.05) is 52.0 Å². The molecular formula is C18H31N5O. The van der Waals surface area contributed by atoms with E-state index in [9.17, 15) is 4.79 Å². The van der Waals surface area contributed by atoms with Gasteiger partial charge in [-0.05, 0) is 38.4 Å². The van der Waals surface area contributed by atoms with Crippen LogP contribution in [0, 0.1) is 5.92 Å². The molecule has 2 aliphatic rings. The van der Waals surface area contributed by atoms with E-state index in [2.05, 4.69) is 31.2 Å². The molecule has 0 unspecified atom stereocenters. The largest absolute Gasteiger partial charge is 0.340 e. The highest BCUT2D eigenvalue weighted by Crippen LogP contribution is 2.21. The summed E-state index contributed by atoms with van der Waals surface area (Å²) in [7, 11) is 2.03. The zero-order valence-electron chi connectivity index (χ0n) is 15.2. The summed E-state index contributed by atoms with van der Waals surface area (Å²) in [5.74, 6) is 2.05. The van der Waals surface area contributed by atoms with Gasteiger partial charge in [0.2, 0.25) is 5.91 Å². The van der Waals surface area contributed by atoms with Gasteiger partial charge in [-0.1, -0.05) is 6.92 Å². The zero-order chi connectivity index (χ0) is 16.9. The maximum atomic E-state index is 12.6. The molecule has 0 aromatic carbocycles. The SMILES string of the molecule is CCN1CCC(CC(=O)N2CCN(Cc3nccn3C)CC2)CC1. The number of imidazole rings is 1. The highest BCUT2D eigenvalue weighted by Gasteiger charge is 2.26. The van der Waals surface area contributed by atoms with Crippen molar-refractivity contribution in [1.29, 1.82) is 0 Å². The molecule has 6 heteroatoms. The summed E-state index contributed by atoms with van der Waals surface area (Å²) in [6, 6.07) is 0. The molecule has 0 bridgehead atoms. The number of likely N-dealkylation sites (tertiary alicyclic amines) is 1. The van der Waals surface area contributed by atoms with Gasteiger partial charge in [-0.15, -0.1) is 0 Å². The molecule has 0 saturated carbocycles. The van der Waals surface area contributed by atoms with Crippen LogP contribution in [0.4, 0.5) is 0 Å². The third kappa shape index (κ3) is 4.36. The van der Waals surface area contributed by atoms with Gasteiger partial charge in [0.25, 0.3) is 0 Å². The summed E-state index contributed by atoms with van der Waals surface area (Å²) < 4.78 is 2.07. The first-order valence-corrected chi connectivity index (χ1v) is 9.34. The summed E-state index contributed by atoms with van der Waals surface area (Å²) >= 11 is 0. The van der Waals surface area contributed by atoms with Crippen LogP contribution in [-0.2, 0) is 18.4 Å². The van der Waals surface area contributed by atoms with Crippen LogP contribution < -0.4 is 0 Å². The van der Waals surface area contributed by atoms with Gasteiger partial charge in [0.15, 0.2) is 0 Å². The van der Waals surface area contributed by atoms with Crippen molar-refractivity contribution in [2.75, 3.05) is 45.8 Å². The highest BCUT2D eigenvalue weighted by molar-refractivity contribution is 5.76. The van der Waals surface area contributed by atoms with E-state index in [1.165, 1.54) is 12.8 Å². The summed E-state index contributed by atoms with van der Waals surface area (Å²) in [5, 5.41) is 0. The Morgan fingerprint density at radius 2 is 1.83 bits per heavy atom. The van der Waals surface area contributed by atoms with Crippen LogP contribution in [0.2, 0.25) is 0 Å². The maximum Gasteiger partial charge on any atom is 0.222 e. The smallest absolute Gasteiger partial charge is 0.222 e. The molecule has 0 N–H and O–H groups in total. The van der Waals surface area contributed by atoms with Crippen molar-refractivity contribution in [3.8, 4) is 0 Å². The van der Waals surface area contributed by atoms with Crippen LogP contribution >= 0.6 is 0 Å². The fourth-order valence-corrected chi connectivity index (χ4v) is 3.79. The number of piperazine rings is 1. The molecule has 0 radical (unpaired) electrons. The lowest BCUT2D eigenvalue weighted by atomic mass is 9.93. The van der Waals surface area contributed by atoms with E-state index in [-0.39, 0.29) is 0 Å². The van der Waals surface area contributed by atoms with Gasteiger partial charge in [-0.2, -0.15) is 0 Å². The molecule has 134 valence electrons. The number of amides is 1. The van der Waals surface area contributed by atoms with Crippen molar-refractivity contribution in [2.45, 2.75) is 32.7 Å². The Kier molecular flexibility index (Phi) is 5.89. The maximum absolute atomic E-state index is 12.6. The minimum atomic E-state index is 0.363. The second-order valence-corrected chi connectivity index (χ2v) is 7.19. The Hall–Kier alpha value is -1.40. The number of aromatic nitrogens is 2. The van der Waals surface area contributed by atoms with E-state index in [1.807, 2.05) is 19.4 Å². The number of rotatable bonds is 5. The molecule has 3 rings (SSSR count). The van der Waals surface area contributed by atoms with Crippen LogP contribution in [-0.4, -0.2) is 76.0 Å². The first-order chi connectivity index (χ1) is 11.7. The van der Waals surface area contributed by atoms with Crippen molar-refractivity contribution in [3.05, 3.63) is 18.2 Å². The van der Waals surface area contributed by atoms with Crippen molar-refractivity contribution in [3.63, 3.8) is 0 Å². The number of carbonyl (C=O) groups is 1. The molecular weight excluding hydrogens is 302 g/mol. The number of piperidine rings is 1. The molecule has 24 heavy (non-hydrogen) atoms. The fourth-order valence-electron chi connectivity index (χ4n) is 3.79. The van der Waals surface area contributed by atoms with Gasteiger partial charge in [0.1, 0.15) is 5.82 Å². The second kappa shape index (κ2) is 8.12. The second-order valence-electron chi connectivity index (χ2n) is 7.19. The van der Waals surface area contributed by atoms with Gasteiger partial charge < -0.3 is 14.4 Å². The Morgan fingerprint density at radius 1 is 1.12 bits per heavy atom. The van der Waals surface area contributed by atoms with Crippen LogP contribution in [0.15, 0.2) is 12.4 Å². The molecule has 3 heterocycles. The predicted molar refractivity (Wildman–Crippen MR) is 94.5 cm³/mol. The lowest BCUT2D eigenvalue weighted by molar-refractivity contribution is -0.134. The summed E-state index contributed by atoms with van der Waals surface area (Å²) in [4.78, 5) is 23.9. The normalized spacial score (nSPS) is 21.3. The third-order valence-corrected chi connectivity index (χ3v) is 5.63. The topological polar surface area (TPSA) is 44.6 Å². The Morgan fingerprint density at radius 3 is 2.42 bits per heavy atom. The molecule has 6 nitrogen and oxygen atoms in total. The predicted octanol–water partition coefficient (Wildman–Crippen LogP) is 1.19. The lowest BCUT2D eigenvalue weighted by Crippen LogP contribution is -2.49. The van der Waals surface area contributed by atoms with E-state index in [0.29, 0.717) is 11.8 Å². The minimum Gasteiger partial charge on any atom is -0.340 e. The molecule has 0 aliphatic carbocycles. The van der Waals surface area contributed by atoms with E-state index in [1.54, 1.807) is 0 Å². The number of carbonyl (C=O) groups excluding carboxylic acids is 1. The van der Waals surface area contributed by atoms with Crippen molar-refractivity contribution >= 4 is 5.91 Å². The number of hydrogen-bond acceptors (Lipinski definition) is 4. The van der Waals surface area contributed by atoms with Crippen LogP contribution in [0.5, 0.6) is 0 Å². The molecule has 2 saturated heterocycles. The quantitative estimate of drug-likeness (QED) is 0.812. The Bertz CT molecular complexity index is 527. The van der Waals surface area contributed by atoms with Crippen LogP contribution in [0.3, 0.4) is 0 Å². The zero-order valence-corrected chi connectivity index (χ0v) is 15.2. The van der Waals surface area contributed by atoms with Gasteiger partial charge in [-0.25, -0.2) is 4.98 Å². The van der Waals surface area contributed by atoms with E-state index in [0.717, 1.165) is 64.6 Å². The summed E-state index contributed by atoms with van der Waals surface area (Å²) in [6.45, 7) is 10.2. The van der Waals surface area contributed by atoms with E-state index >= 15 is 0 Å². The lowest BCUT2D eigenvalue weighted by Gasteiger charge is -2.36. The molecule has 2 fully saturated rings. The van der Waals surface area contributed by atoms with Gasteiger partial charge in [0.05, 0.1) is 6.54 Å². The van der Waals surface area contributed by atoms with Crippen molar-refractivity contribution < 1.29 is 4.79 Å². The summed E-state index contributed by atoms with van der Waals surface area (Å²) in [6.07, 6.45) is 6.94. The van der Waals surface area contributed by atoms with E-state index in [4.69, 9.17) is 0 Å². The molecule has 1 amide bonds. The molecule has 0 atom stereocenters. The van der Waals surface area contributed by atoms with Crippen LogP contribution in [0.1, 0.15) is 32.0 Å². The summed E-state index contributed by atoms with van der Waals surface area (Å²) in [5.41, 5.74) is 0. The molecule has 1 aromatic heterocycles.